The van der Waals surface area contributed by atoms with Gasteiger partial charge in [0.1, 0.15) is 16.8 Å². The Bertz CT molecular complexity index is 663. The van der Waals surface area contributed by atoms with Crippen molar-refractivity contribution in [3.8, 4) is 0 Å². The summed E-state index contributed by atoms with van der Waals surface area (Å²) in [5.41, 5.74) is 0. The molecule has 3 N–H and O–H groups in total. The molecule has 0 radical (unpaired) electrons. The molecule has 116 valence electrons. The van der Waals surface area contributed by atoms with Crippen LogP contribution in [0.1, 0.15) is 12.8 Å². The summed E-state index contributed by atoms with van der Waals surface area (Å²) >= 11 is 2.96. The first kappa shape index (κ1) is 17.5. The van der Waals surface area contributed by atoms with Crippen molar-refractivity contribution in [1.82, 2.24) is 4.72 Å². The molecule has 0 aliphatic carbocycles. The first-order valence-corrected chi connectivity index (χ1v) is 7.83. The number of sulfonamides is 1. The SMILES string of the molecule is O=C(O)CCC(NS(=O)(=O)c1ccc(Br)cc1F)C(=O)O. The van der Waals surface area contributed by atoms with E-state index in [1.807, 2.05) is 0 Å². The fourth-order valence-corrected chi connectivity index (χ4v) is 3.06. The van der Waals surface area contributed by atoms with Crippen molar-refractivity contribution in [3.63, 3.8) is 0 Å². The summed E-state index contributed by atoms with van der Waals surface area (Å²) in [6, 6.07) is 1.51. The smallest absolute Gasteiger partial charge is 0.321 e. The predicted molar refractivity (Wildman–Crippen MR) is 72.7 cm³/mol. The second-order valence-electron chi connectivity index (χ2n) is 4.02. The van der Waals surface area contributed by atoms with Crippen LogP contribution in [-0.2, 0) is 19.6 Å². The van der Waals surface area contributed by atoms with Crippen LogP contribution in [0.25, 0.3) is 0 Å². The lowest BCUT2D eigenvalue weighted by molar-refractivity contribution is -0.140. The molecule has 0 aliphatic heterocycles. The Kier molecular flexibility index (Phi) is 5.81. The van der Waals surface area contributed by atoms with E-state index in [2.05, 4.69) is 15.9 Å². The highest BCUT2D eigenvalue weighted by molar-refractivity contribution is 9.10. The molecule has 1 rings (SSSR count). The van der Waals surface area contributed by atoms with E-state index in [0.29, 0.717) is 4.47 Å². The third-order valence-corrected chi connectivity index (χ3v) is 4.42. The van der Waals surface area contributed by atoms with Crippen molar-refractivity contribution >= 4 is 37.9 Å². The predicted octanol–water partition coefficient (Wildman–Crippen LogP) is 1.18. The second-order valence-corrected chi connectivity index (χ2v) is 6.62. The summed E-state index contributed by atoms with van der Waals surface area (Å²) in [7, 11) is -4.42. The van der Waals surface area contributed by atoms with E-state index in [0.717, 1.165) is 12.1 Å². The van der Waals surface area contributed by atoms with Gasteiger partial charge in [-0.2, -0.15) is 4.72 Å². The monoisotopic (exact) mass is 383 g/mol. The van der Waals surface area contributed by atoms with E-state index in [4.69, 9.17) is 10.2 Å². The van der Waals surface area contributed by atoms with Crippen molar-refractivity contribution < 1.29 is 32.6 Å². The number of nitrogens with one attached hydrogen (secondary N) is 1. The molecule has 0 saturated carbocycles. The minimum atomic E-state index is -4.42. The Labute approximate surface area is 128 Å². The first-order chi connectivity index (χ1) is 9.63. The molecule has 0 bridgehead atoms. The number of rotatable bonds is 7. The van der Waals surface area contributed by atoms with Crippen LogP contribution in [-0.4, -0.2) is 36.6 Å². The summed E-state index contributed by atoms with van der Waals surface area (Å²) in [5.74, 6) is -3.87. The van der Waals surface area contributed by atoms with Gasteiger partial charge in [-0.05, 0) is 24.6 Å². The molecule has 1 aromatic carbocycles. The molecule has 10 heteroatoms. The van der Waals surface area contributed by atoms with Crippen LogP contribution in [0.15, 0.2) is 27.6 Å². The molecule has 0 saturated heterocycles. The van der Waals surface area contributed by atoms with Crippen LogP contribution in [0.3, 0.4) is 0 Å². The summed E-state index contributed by atoms with van der Waals surface area (Å²) in [4.78, 5) is 20.6. The molecule has 7 nitrogen and oxygen atoms in total. The quantitative estimate of drug-likeness (QED) is 0.649. The van der Waals surface area contributed by atoms with Gasteiger partial charge in [-0.1, -0.05) is 15.9 Å². The molecule has 0 fully saturated rings. The summed E-state index contributed by atoms with van der Waals surface area (Å²) in [5, 5.41) is 17.4. The Morgan fingerprint density at radius 1 is 1.33 bits per heavy atom. The second kappa shape index (κ2) is 6.96. The maximum atomic E-state index is 13.6. The van der Waals surface area contributed by atoms with Crippen molar-refractivity contribution in [2.24, 2.45) is 0 Å². The molecule has 1 atom stereocenters. The summed E-state index contributed by atoms with van der Waals surface area (Å²) in [6.07, 6.45) is -0.996. The van der Waals surface area contributed by atoms with Crippen molar-refractivity contribution in [1.29, 1.82) is 0 Å². The van der Waals surface area contributed by atoms with E-state index < -0.39 is 51.6 Å². The van der Waals surface area contributed by atoms with Gasteiger partial charge in [-0.15, -0.1) is 0 Å². The average molecular weight is 384 g/mol. The van der Waals surface area contributed by atoms with E-state index >= 15 is 0 Å². The standard InChI is InChI=1S/C11H11BrFNO6S/c12-6-1-3-9(7(13)5-6)21(19,20)14-8(11(17)18)2-4-10(15)16/h1,3,5,8,14H,2,4H2,(H,15,16)(H,17,18). The number of hydrogen-bond donors (Lipinski definition) is 3. The van der Waals surface area contributed by atoms with Gasteiger partial charge < -0.3 is 10.2 Å². The molecule has 0 amide bonds. The Morgan fingerprint density at radius 2 is 1.95 bits per heavy atom. The maximum Gasteiger partial charge on any atom is 0.321 e. The number of carbonyl (C=O) groups is 2. The van der Waals surface area contributed by atoms with Crippen LogP contribution in [0.2, 0.25) is 0 Å². The zero-order valence-electron chi connectivity index (χ0n) is 10.4. The fraction of sp³-hybridized carbons (Fsp3) is 0.273. The van der Waals surface area contributed by atoms with Crippen LogP contribution >= 0.6 is 15.9 Å². The molecule has 21 heavy (non-hydrogen) atoms. The van der Waals surface area contributed by atoms with Gasteiger partial charge >= 0.3 is 11.9 Å². The van der Waals surface area contributed by atoms with Crippen molar-refractivity contribution in [2.45, 2.75) is 23.8 Å². The Morgan fingerprint density at radius 3 is 2.43 bits per heavy atom. The molecular weight excluding hydrogens is 373 g/mol. The first-order valence-electron chi connectivity index (χ1n) is 5.55. The average Bonchev–Trinajstić information content (AvgIpc) is 2.33. The normalized spacial score (nSPS) is 12.9. The summed E-state index contributed by atoms with van der Waals surface area (Å²) < 4.78 is 39.6. The fourth-order valence-electron chi connectivity index (χ4n) is 1.44. The third kappa shape index (κ3) is 5.06. The van der Waals surface area contributed by atoms with Gasteiger partial charge in [-0.25, -0.2) is 12.8 Å². The van der Waals surface area contributed by atoms with E-state index in [9.17, 15) is 22.4 Å². The number of carboxylic acids is 2. The van der Waals surface area contributed by atoms with Crippen LogP contribution < -0.4 is 4.72 Å². The van der Waals surface area contributed by atoms with Gasteiger partial charge in [0.05, 0.1) is 0 Å². The number of hydrogen-bond acceptors (Lipinski definition) is 4. The lowest BCUT2D eigenvalue weighted by Crippen LogP contribution is -2.41. The van der Waals surface area contributed by atoms with Crippen molar-refractivity contribution in [2.75, 3.05) is 0 Å². The lowest BCUT2D eigenvalue weighted by Gasteiger charge is -2.14. The van der Waals surface area contributed by atoms with Crippen LogP contribution in [0.4, 0.5) is 4.39 Å². The van der Waals surface area contributed by atoms with E-state index in [-0.39, 0.29) is 0 Å². The highest BCUT2D eigenvalue weighted by Gasteiger charge is 2.27. The zero-order valence-corrected chi connectivity index (χ0v) is 12.8. The minimum Gasteiger partial charge on any atom is -0.481 e. The molecule has 1 aromatic rings. The molecule has 0 aliphatic rings. The van der Waals surface area contributed by atoms with Crippen LogP contribution in [0.5, 0.6) is 0 Å². The highest BCUT2D eigenvalue weighted by atomic mass is 79.9. The number of aliphatic carboxylic acids is 2. The number of carboxylic acid groups (broad SMARTS) is 2. The minimum absolute atomic E-state index is 0.319. The topological polar surface area (TPSA) is 121 Å². The summed E-state index contributed by atoms with van der Waals surface area (Å²) in [6.45, 7) is 0. The third-order valence-electron chi connectivity index (χ3n) is 2.43. The van der Waals surface area contributed by atoms with Crippen molar-refractivity contribution in [3.05, 3.63) is 28.5 Å². The molecule has 0 aromatic heterocycles. The largest absolute Gasteiger partial charge is 0.481 e. The highest BCUT2D eigenvalue weighted by Crippen LogP contribution is 2.19. The van der Waals surface area contributed by atoms with Gasteiger partial charge in [-0.3, -0.25) is 9.59 Å². The Hall–Kier alpha value is -1.52. The number of halogens is 2. The van der Waals surface area contributed by atoms with Gasteiger partial charge in [0.15, 0.2) is 0 Å². The zero-order chi connectivity index (χ0) is 16.2. The van der Waals surface area contributed by atoms with E-state index in [1.54, 1.807) is 4.72 Å². The molecule has 0 heterocycles. The lowest BCUT2D eigenvalue weighted by atomic mass is 10.2. The molecule has 1 unspecified atom stereocenters. The van der Waals surface area contributed by atoms with Gasteiger partial charge in [0.2, 0.25) is 10.0 Å². The number of benzene rings is 1. The van der Waals surface area contributed by atoms with E-state index in [1.165, 1.54) is 6.07 Å². The van der Waals surface area contributed by atoms with Crippen LogP contribution in [0, 0.1) is 5.82 Å². The maximum absolute atomic E-state index is 13.6. The molecule has 0 spiro atoms. The molecular formula is C11H11BrFNO6S. The Balaban J connectivity index is 3.00. The van der Waals surface area contributed by atoms with Gasteiger partial charge in [0, 0.05) is 10.9 Å². The van der Waals surface area contributed by atoms with Gasteiger partial charge in [0.25, 0.3) is 0 Å².